The molecule has 4 aromatic rings. The number of hydrogen-bond donors (Lipinski definition) is 1. The van der Waals surface area contributed by atoms with E-state index in [1.165, 1.54) is 4.90 Å². The maximum absolute atomic E-state index is 13.2. The van der Waals surface area contributed by atoms with Gasteiger partial charge in [0, 0.05) is 42.5 Å². The van der Waals surface area contributed by atoms with Gasteiger partial charge in [-0.25, -0.2) is 9.97 Å². The van der Waals surface area contributed by atoms with E-state index in [4.69, 9.17) is 11.6 Å². The summed E-state index contributed by atoms with van der Waals surface area (Å²) in [6, 6.07) is 10.6. The molecule has 9 heteroatoms. The molecule has 0 fully saturated rings. The summed E-state index contributed by atoms with van der Waals surface area (Å²) in [5.41, 5.74) is 3.01. The van der Waals surface area contributed by atoms with Gasteiger partial charge in [0.2, 0.25) is 0 Å². The van der Waals surface area contributed by atoms with Crippen LogP contribution in [0.4, 0.5) is 5.13 Å². The summed E-state index contributed by atoms with van der Waals surface area (Å²) >= 11 is 7.32. The van der Waals surface area contributed by atoms with Crippen molar-refractivity contribution in [3.8, 4) is 11.3 Å². The molecule has 0 aliphatic rings. The average molecular weight is 452 g/mol. The van der Waals surface area contributed by atoms with Gasteiger partial charge in [-0.05, 0) is 43.3 Å². The SMILES string of the molecule is Cc1nc(NC(=O)c2cc(-c3cccnc3)nc3ccc(Cl)cc23)sc1C(=O)N(C)C. The highest BCUT2D eigenvalue weighted by Crippen LogP contribution is 2.29. The number of nitrogens with zero attached hydrogens (tertiary/aromatic N) is 4. The van der Waals surface area contributed by atoms with Crippen molar-refractivity contribution in [2.45, 2.75) is 6.92 Å². The minimum atomic E-state index is -0.364. The molecule has 31 heavy (non-hydrogen) atoms. The Labute approximate surface area is 187 Å². The highest BCUT2D eigenvalue weighted by atomic mass is 35.5. The summed E-state index contributed by atoms with van der Waals surface area (Å²) in [5.74, 6) is -0.520. The summed E-state index contributed by atoms with van der Waals surface area (Å²) in [4.78, 5) is 40.6. The van der Waals surface area contributed by atoms with Crippen LogP contribution in [0.2, 0.25) is 5.02 Å². The zero-order valence-corrected chi connectivity index (χ0v) is 18.6. The quantitative estimate of drug-likeness (QED) is 0.487. The van der Waals surface area contributed by atoms with Crippen LogP contribution in [0.3, 0.4) is 0 Å². The number of aromatic nitrogens is 3. The van der Waals surface area contributed by atoms with Gasteiger partial charge in [0.05, 0.1) is 22.5 Å². The van der Waals surface area contributed by atoms with E-state index in [1.54, 1.807) is 57.7 Å². The van der Waals surface area contributed by atoms with Gasteiger partial charge in [0.1, 0.15) is 4.88 Å². The van der Waals surface area contributed by atoms with Crippen molar-refractivity contribution in [2.75, 3.05) is 19.4 Å². The van der Waals surface area contributed by atoms with Gasteiger partial charge < -0.3 is 4.90 Å². The average Bonchev–Trinajstić information content (AvgIpc) is 3.12. The molecule has 1 aromatic carbocycles. The number of fused-ring (bicyclic) bond motifs is 1. The Bertz CT molecular complexity index is 1300. The molecular weight excluding hydrogens is 434 g/mol. The fourth-order valence-corrected chi connectivity index (χ4v) is 4.22. The van der Waals surface area contributed by atoms with Gasteiger partial charge >= 0.3 is 0 Å². The second-order valence-electron chi connectivity index (χ2n) is 7.05. The third kappa shape index (κ3) is 4.26. The number of anilines is 1. The molecular formula is C22H18ClN5O2S. The third-order valence-corrected chi connectivity index (χ3v) is 5.89. The van der Waals surface area contributed by atoms with Gasteiger partial charge in [-0.2, -0.15) is 0 Å². The number of pyridine rings is 2. The Hall–Kier alpha value is -3.36. The fourth-order valence-electron chi connectivity index (χ4n) is 3.06. The van der Waals surface area contributed by atoms with Gasteiger partial charge in [-0.1, -0.05) is 22.9 Å². The number of benzene rings is 1. The zero-order valence-electron chi connectivity index (χ0n) is 17.0. The molecule has 156 valence electrons. The lowest BCUT2D eigenvalue weighted by Gasteiger charge is -2.10. The molecule has 0 aliphatic carbocycles. The first kappa shape index (κ1) is 20.9. The van der Waals surface area contributed by atoms with Crippen LogP contribution in [0.5, 0.6) is 0 Å². The summed E-state index contributed by atoms with van der Waals surface area (Å²) < 4.78 is 0. The Morgan fingerprint density at radius 1 is 1.13 bits per heavy atom. The van der Waals surface area contributed by atoms with E-state index in [2.05, 4.69) is 20.3 Å². The van der Waals surface area contributed by atoms with E-state index >= 15 is 0 Å². The topological polar surface area (TPSA) is 88.1 Å². The predicted molar refractivity (Wildman–Crippen MR) is 123 cm³/mol. The number of hydrogen-bond acceptors (Lipinski definition) is 6. The molecule has 0 saturated carbocycles. The van der Waals surface area contributed by atoms with Crippen molar-refractivity contribution >= 4 is 50.8 Å². The van der Waals surface area contributed by atoms with Crippen molar-refractivity contribution in [1.29, 1.82) is 0 Å². The van der Waals surface area contributed by atoms with E-state index in [-0.39, 0.29) is 11.8 Å². The third-order valence-electron chi connectivity index (χ3n) is 4.59. The molecule has 2 amide bonds. The molecule has 0 aliphatic heterocycles. The molecule has 0 unspecified atom stereocenters. The Morgan fingerprint density at radius 3 is 2.65 bits per heavy atom. The molecule has 0 saturated heterocycles. The van der Waals surface area contributed by atoms with E-state index in [0.29, 0.717) is 42.9 Å². The number of halogens is 1. The molecule has 3 aromatic heterocycles. The fraction of sp³-hybridized carbons (Fsp3) is 0.136. The summed E-state index contributed by atoms with van der Waals surface area (Å²) in [5, 5.41) is 4.29. The lowest BCUT2D eigenvalue weighted by molar-refractivity contribution is 0.0831. The number of carbonyl (C=O) groups excluding carboxylic acids is 2. The molecule has 0 atom stereocenters. The van der Waals surface area contributed by atoms with E-state index in [9.17, 15) is 9.59 Å². The predicted octanol–water partition coefficient (Wildman–Crippen LogP) is 4.67. The van der Waals surface area contributed by atoms with Gasteiger partial charge in [-0.15, -0.1) is 0 Å². The lowest BCUT2D eigenvalue weighted by Crippen LogP contribution is -2.21. The second-order valence-corrected chi connectivity index (χ2v) is 8.48. The number of thiazole rings is 1. The summed E-state index contributed by atoms with van der Waals surface area (Å²) in [6.45, 7) is 1.74. The van der Waals surface area contributed by atoms with Crippen LogP contribution in [-0.4, -0.2) is 45.8 Å². The number of carbonyl (C=O) groups is 2. The van der Waals surface area contributed by atoms with Crippen molar-refractivity contribution in [1.82, 2.24) is 19.9 Å². The first-order chi connectivity index (χ1) is 14.8. The van der Waals surface area contributed by atoms with E-state index in [0.717, 1.165) is 16.9 Å². The summed E-state index contributed by atoms with van der Waals surface area (Å²) in [7, 11) is 3.35. The monoisotopic (exact) mass is 451 g/mol. The van der Waals surface area contributed by atoms with E-state index in [1.807, 2.05) is 12.1 Å². The van der Waals surface area contributed by atoms with Gasteiger partial charge in [0.25, 0.3) is 11.8 Å². The smallest absolute Gasteiger partial charge is 0.265 e. The summed E-state index contributed by atoms with van der Waals surface area (Å²) in [6.07, 6.45) is 3.37. The Morgan fingerprint density at radius 2 is 1.94 bits per heavy atom. The molecule has 3 heterocycles. The van der Waals surface area contributed by atoms with Gasteiger partial charge in [0.15, 0.2) is 5.13 Å². The highest BCUT2D eigenvalue weighted by Gasteiger charge is 2.20. The standard InChI is InChI=1S/C22H18ClN5O2S/c1-12-19(21(30)28(2)3)31-22(25-12)27-20(29)16-10-18(13-5-4-8-24-11-13)26-17-7-6-14(23)9-15(16)17/h4-11H,1-3H3,(H,25,27,29). The van der Waals surface area contributed by atoms with Crippen molar-refractivity contribution in [3.05, 3.63) is 69.9 Å². The molecule has 7 nitrogen and oxygen atoms in total. The second kappa shape index (κ2) is 8.41. The number of rotatable bonds is 4. The maximum atomic E-state index is 13.2. The van der Waals surface area contributed by atoms with Crippen molar-refractivity contribution < 1.29 is 9.59 Å². The minimum Gasteiger partial charge on any atom is -0.344 e. The normalized spacial score (nSPS) is 10.8. The van der Waals surface area contributed by atoms with Crippen LogP contribution < -0.4 is 5.32 Å². The Kier molecular flexibility index (Phi) is 5.67. The van der Waals surface area contributed by atoms with Gasteiger partial charge in [-0.3, -0.25) is 19.9 Å². The van der Waals surface area contributed by atoms with Crippen LogP contribution in [-0.2, 0) is 0 Å². The number of nitrogens with one attached hydrogen (secondary N) is 1. The van der Waals surface area contributed by atoms with Crippen molar-refractivity contribution in [2.24, 2.45) is 0 Å². The minimum absolute atomic E-state index is 0.157. The molecule has 0 bridgehead atoms. The van der Waals surface area contributed by atoms with Crippen LogP contribution >= 0.6 is 22.9 Å². The van der Waals surface area contributed by atoms with Crippen LogP contribution in [0.25, 0.3) is 22.2 Å². The zero-order chi connectivity index (χ0) is 22.1. The van der Waals surface area contributed by atoms with Crippen LogP contribution in [0.15, 0.2) is 48.8 Å². The van der Waals surface area contributed by atoms with Crippen LogP contribution in [0, 0.1) is 6.92 Å². The molecule has 1 N–H and O–H groups in total. The van der Waals surface area contributed by atoms with Crippen molar-refractivity contribution in [3.63, 3.8) is 0 Å². The lowest BCUT2D eigenvalue weighted by atomic mass is 10.0. The molecule has 4 rings (SSSR count). The first-order valence-corrected chi connectivity index (χ1v) is 10.5. The van der Waals surface area contributed by atoms with Crippen LogP contribution in [0.1, 0.15) is 25.7 Å². The largest absolute Gasteiger partial charge is 0.344 e. The Balaban J connectivity index is 1.76. The highest BCUT2D eigenvalue weighted by molar-refractivity contribution is 7.17. The molecule has 0 radical (unpaired) electrons. The molecule has 0 spiro atoms. The number of aryl methyl sites for hydroxylation is 1. The number of amides is 2. The maximum Gasteiger partial charge on any atom is 0.265 e. The first-order valence-electron chi connectivity index (χ1n) is 9.34. The van der Waals surface area contributed by atoms with E-state index < -0.39 is 0 Å².